The van der Waals surface area contributed by atoms with Crippen LogP contribution in [0.3, 0.4) is 0 Å². The second-order valence-corrected chi connectivity index (χ2v) is 12.4. The van der Waals surface area contributed by atoms with Gasteiger partial charge >= 0.3 is 6.09 Å². The molecule has 0 bridgehead atoms. The Bertz CT molecular complexity index is 1280. The Balaban J connectivity index is 1.73. The van der Waals surface area contributed by atoms with Crippen LogP contribution in [0.15, 0.2) is 29.4 Å². The summed E-state index contributed by atoms with van der Waals surface area (Å²) >= 11 is 1.08. The van der Waals surface area contributed by atoms with Gasteiger partial charge in [-0.15, -0.1) is 0 Å². The molecule has 1 amide bonds. The van der Waals surface area contributed by atoms with E-state index in [2.05, 4.69) is 9.97 Å². The van der Waals surface area contributed by atoms with Gasteiger partial charge in [-0.3, -0.25) is 0 Å². The zero-order valence-corrected chi connectivity index (χ0v) is 24.3. The minimum atomic E-state index is -3.85. The van der Waals surface area contributed by atoms with Crippen molar-refractivity contribution in [3.05, 3.63) is 47.2 Å². The number of ether oxygens (including phenoxy) is 2. The third-order valence-electron chi connectivity index (χ3n) is 6.06. The van der Waals surface area contributed by atoms with Crippen LogP contribution < -0.4 is 9.88 Å². The number of carbonyl (C=O) groups excluding carboxylic acids is 1. The van der Waals surface area contributed by atoms with E-state index >= 15 is 0 Å². The molecule has 222 valence electrons. The summed E-state index contributed by atoms with van der Waals surface area (Å²) < 4.78 is 63.6. The molecule has 11 nitrogen and oxygen atoms in total. The van der Waals surface area contributed by atoms with Crippen LogP contribution in [0.1, 0.15) is 44.9 Å². The Morgan fingerprint density at radius 3 is 2.67 bits per heavy atom. The summed E-state index contributed by atoms with van der Waals surface area (Å²) in [6.07, 6.45) is -0.254. The molecule has 15 heteroatoms. The van der Waals surface area contributed by atoms with Crippen LogP contribution in [0.5, 0.6) is 5.88 Å². The van der Waals surface area contributed by atoms with Crippen LogP contribution in [-0.2, 0) is 27.1 Å². The van der Waals surface area contributed by atoms with Gasteiger partial charge in [-0.1, -0.05) is 30.8 Å². The normalized spacial score (nSPS) is 15.9. The molecule has 0 saturated carbocycles. The monoisotopic (exact) mass is 603 g/mol. The third kappa shape index (κ3) is 9.51. The van der Waals surface area contributed by atoms with Crippen molar-refractivity contribution in [1.29, 1.82) is 0 Å². The van der Waals surface area contributed by atoms with Gasteiger partial charge in [-0.25, -0.2) is 23.7 Å². The molecule has 0 aliphatic carbocycles. The van der Waals surface area contributed by atoms with E-state index in [9.17, 15) is 27.1 Å². The van der Waals surface area contributed by atoms with Crippen molar-refractivity contribution in [2.45, 2.75) is 62.6 Å². The lowest BCUT2D eigenvalue weighted by Gasteiger charge is -2.29. The van der Waals surface area contributed by atoms with Gasteiger partial charge in [0.15, 0.2) is 16.8 Å². The Morgan fingerprint density at radius 2 is 1.98 bits per heavy atom. The second kappa shape index (κ2) is 13.9. The van der Waals surface area contributed by atoms with E-state index in [1.54, 1.807) is 19.9 Å². The van der Waals surface area contributed by atoms with Gasteiger partial charge < -0.3 is 19.5 Å². The first kappa shape index (κ1) is 31.9. The number of halogens is 2. The van der Waals surface area contributed by atoms with Crippen LogP contribution in [-0.4, -0.2) is 83.3 Å². The molecular formula is C25H35F2N5O6S2. The molecule has 3 N–H and O–H groups in total. The molecule has 2 aromatic rings. The number of hydrogen-bond donors (Lipinski definition) is 2. The zero-order chi connectivity index (χ0) is 29.5. The molecule has 1 atom stereocenters. The first-order chi connectivity index (χ1) is 18.8. The molecule has 1 aromatic heterocycles. The molecule has 0 radical (unpaired) electrons. The lowest BCUT2D eigenvalue weighted by atomic mass is 10.0. The van der Waals surface area contributed by atoms with E-state index in [-0.39, 0.29) is 55.0 Å². The molecular weight excluding hydrogens is 568 g/mol. The maximum absolute atomic E-state index is 14.1. The van der Waals surface area contributed by atoms with E-state index in [0.717, 1.165) is 22.1 Å². The van der Waals surface area contributed by atoms with E-state index in [4.69, 9.17) is 14.6 Å². The molecule has 1 fully saturated rings. The number of carbonyl (C=O) groups is 1. The molecule has 40 heavy (non-hydrogen) atoms. The number of aromatic nitrogens is 2. The largest absolute Gasteiger partial charge is 0.475 e. The highest BCUT2D eigenvalue weighted by Crippen LogP contribution is 2.27. The molecule has 1 aliphatic heterocycles. The summed E-state index contributed by atoms with van der Waals surface area (Å²) in [6, 6.07) is 5.50. The van der Waals surface area contributed by atoms with Crippen molar-refractivity contribution in [2.75, 3.05) is 32.8 Å². The molecule has 1 aliphatic rings. The summed E-state index contributed by atoms with van der Waals surface area (Å²) in [5.74, 6) is -1.65. The topological polar surface area (TPSA) is 148 Å². The predicted octanol–water partition coefficient (Wildman–Crippen LogP) is 2.87. The molecule has 0 spiro atoms. The second-order valence-electron chi connectivity index (χ2n) is 9.94. The first-order valence-electron chi connectivity index (χ1n) is 12.8. The standard InChI is InChI=1S/C25H35F2N5O6S2/c1-4-19(33)15-37-21-13-18(29-23(30-21)39-16-17-7-5-8-20(26)22(17)27)14-25(2,3)38-24(34)31-9-6-10-32(12-11-31)40(28,35)36/h5,7-8,13,19,33H,4,6,9-12,14-16H2,1-3H3,(H2,28,35,36). The zero-order valence-electron chi connectivity index (χ0n) is 22.7. The van der Waals surface area contributed by atoms with E-state index in [0.29, 0.717) is 25.1 Å². The minimum Gasteiger partial charge on any atom is -0.475 e. The number of rotatable bonds is 11. The number of aliphatic hydroxyl groups is 1. The maximum atomic E-state index is 14.1. The van der Waals surface area contributed by atoms with Gasteiger partial charge in [0.2, 0.25) is 5.88 Å². The number of nitrogens with two attached hydrogens (primary N) is 1. The van der Waals surface area contributed by atoms with Crippen LogP contribution >= 0.6 is 11.8 Å². The Morgan fingerprint density at radius 1 is 1.23 bits per heavy atom. The lowest BCUT2D eigenvalue weighted by Crippen LogP contribution is -2.42. The van der Waals surface area contributed by atoms with Gasteiger partial charge in [0.05, 0.1) is 11.8 Å². The van der Waals surface area contributed by atoms with Crippen LogP contribution in [0.25, 0.3) is 0 Å². The van der Waals surface area contributed by atoms with Crippen molar-refractivity contribution in [1.82, 2.24) is 19.2 Å². The number of nitrogens with zero attached hydrogens (tertiary/aromatic N) is 4. The fourth-order valence-electron chi connectivity index (χ4n) is 3.88. The van der Waals surface area contributed by atoms with Crippen molar-refractivity contribution in [2.24, 2.45) is 5.14 Å². The Kier molecular flexibility index (Phi) is 11.1. The van der Waals surface area contributed by atoms with Crippen LogP contribution in [0, 0.1) is 11.6 Å². The van der Waals surface area contributed by atoms with E-state index < -0.39 is 39.6 Å². The quantitative estimate of drug-likeness (QED) is 0.292. The predicted molar refractivity (Wildman–Crippen MR) is 145 cm³/mol. The van der Waals surface area contributed by atoms with Crippen molar-refractivity contribution >= 4 is 28.1 Å². The summed E-state index contributed by atoms with van der Waals surface area (Å²) in [4.78, 5) is 23.2. The fraction of sp³-hybridized carbons (Fsp3) is 0.560. The van der Waals surface area contributed by atoms with Gasteiger partial charge in [0.25, 0.3) is 10.2 Å². The molecule has 1 unspecified atom stereocenters. The summed E-state index contributed by atoms with van der Waals surface area (Å²) in [7, 11) is -3.85. The van der Waals surface area contributed by atoms with Gasteiger partial charge in [0.1, 0.15) is 12.2 Å². The highest BCUT2D eigenvalue weighted by Gasteiger charge is 2.30. The average Bonchev–Trinajstić information content (AvgIpc) is 3.14. The fourth-order valence-corrected chi connectivity index (χ4v) is 5.45. The number of amides is 1. The van der Waals surface area contributed by atoms with Crippen molar-refractivity contribution in [3.63, 3.8) is 0 Å². The Labute approximate surface area is 237 Å². The molecule has 1 aromatic carbocycles. The minimum absolute atomic E-state index is 0.00153. The van der Waals surface area contributed by atoms with E-state index in [1.807, 2.05) is 6.92 Å². The van der Waals surface area contributed by atoms with E-state index in [1.165, 1.54) is 17.0 Å². The average molecular weight is 604 g/mol. The Hall–Kier alpha value is -2.59. The maximum Gasteiger partial charge on any atom is 0.410 e. The SMILES string of the molecule is CCC(O)COc1cc(CC(C)(C)OC(=O)N2CCCN(S(N)(=O)=O)CC2)nc(SCc2cccc(F)c2F)n1. The number of aliphatic hydroxyl groups excluding tert-OH is 1. The molecule has 2 heterocycles. The highest BCUT2D eigenvalue weighted by atomic mass is 32.2. The van der Waals surface area contributed by atoms with Crippen molar-refractivity contribution < 1.29 is 36.6 Å². The first-order valence-corrected chi connectivity index (χ1v) is 15.3. The highest BCUT2D eigenvalue weighted by molar-refractivity contribution is 7.98. The van der Waals surface area contributed by atoms with Gasteiger partial charge in [-0.05, 0) is 32.8 Å². The number of benzene rings is 1. The number of thioether (sulfide) groups is 1. The summed E-state index contributed by atoms with van der Waals surface area (Å²) in [5.41, 5.74) is -0.420. The number of hydrogen-bond acceptors (Lipinski definition) is 9. The van der Waals surface area contributed by atoms with Crippen LogP contribution in [0.4, 0.5) is 13.6 Å². The van der Waals surface area contributed by atoms with Crippen molar-refractivity contribution in [3.8, 4) is 5.88 Å². The lowest BCUT2D eigenvalue weighted by molar-refractivity contribution is 0.0141. The summed E-state index contributed by atoms with van der Waals surface area (Å²) in [5, 5.41) is 15.4. The van der Waals surface area contributed by atoms with Crippen LogP contribution in [0.2, 0.25) is 0 Å². The molecule has 3 rings (SSSR count). The smallest absolute Gasteiger partial charge is 0.410 e. The molecule has 1 saturated heterocycles. The van der Waals surface area contributed by atoms with Gasteiger partial charge in [-0.2, -0.15) is 17.7 Å². The third-order valence-corrected chi connectivity index (χ3v) is 8.04. The van der Waals surface area contributed by atoms with Gasteiger partial charge in [0, 0.05) is 50.0 Å². The summed E-state index contributed by atoms with van der Waals surface area (Å²) in [6.45, 7) is 5.94.